The van der Waals surface area contributed by atoms with Crippen molar-refractivity contribution in [2.24, 2.45) is 11.7 Å². The van der Waals surface area contributed by atoms with Crippen LogP contribution in [0.4, 0.5) is 0 Å². The minimum Gasteiger partial charge on any atom is -0.385 e. The zero-order valence-corrected chi connectivity index (χ0v) is 14.3. The summed E-state index contributed by atoms with van der Waals surface area (Å²) in [5, 5.41) is 0. The molecule has 0 saturated carbocycles. The number of carbonyl (C=O) groups is 1. The average molecular weight is 318 g/mol. The molecule has 1 heterocycles. The number of likely N-dealkylation sites (tertiary alicyclic amines) is 1. The van der Waals surface area contributed by atoms with Crippen LogP contribution in [0.1, 0.15) is 48.0 Å². The Kier molecular flexibility index (Phi) is 7.72. The van der Waals surface area contributed by atoms with E-state index in [0.29, 0.717) is 13.0 Å². The summed E-state index contributed by atoms with van der Waals surface area (Å²) in [7, 11) is 1.77. The molecule has 0 bridgehead atoms. The van der Waals surface area contributed by atoms with Gasteiger partial charge in [0.2, 0.25) is 0 Å². The predicted molar refractivity (Wildman–Crippen MR) is 93.6 cm³/mol. The number of rotatable bonds is 9. The molecule has 1 fully saturated rings. The van der Waals surface area contributed by atoms with E-state index in [2.05, 4.69) is 4.90 Å². The van der Waals surface area contributed by atoms with Crippen molar-refractivity contribution in [2.45, 2.75) is 38.6 Å². The number of hydrogen-bond donors (Lipinski definition) is 1. The van der Waals surface area contributed by atoms with Crippen LogP contribution in [0.5, 0.6) is 0 Å². The van der Waals surface area contributed by atoms with Crippen LogP contribution in [0.25, 0.3) is 0 Å². The smallest absolute Gasteiger partial charge is 0.163 e. The van der Waals surface area contributed by atoms with Gasteiger partial charge in [0.1, 0.15) is 0 Å². The van der Waals surface area contributed by atoms with Crippen molar-refractivity contribution >= 4 is 5.78 Å². The van der Waals surface area contributed by atoms with E-state index in [-0.39, 0.29) is 5.78 Å². The molecule has 0 unspecified atom stereocenters. The second kappa shape index (κ2) is 9.81. The van der Waals surface area contributed by atoms with Gasteiger partial charge in [-0.1, -0.05) is 24.3 Å². The van der Waals surface area contributed by atoms with Crippen molar-refractivity contribution in [1.29, 1.82) is 0 Å². The summed E-state index contributed by atoms with van der Waals surface area (Å²) in [6.45, 7) is 4.63. The van der Waals surface area contributed by atoms with Crippen LogP contribution in [0.3, 0.4) is 0 Å². The highest BCUT2D eigenvalue weighted by Gasteiger charge is 2.19. The van der Waals surface area contributed by atoms with Crippen molar-refractivity contribution in [3.8, 4) is 0 Å². The maximum absolute atomic E-state index is 12.3. The van der Waals surface area contributed by atoms with Gasteiger partial charge >= 0.3 is 0 Å². The number of methoxy groups -OCH3 is 1. The molecule has 4 nitrogen and oxygen atoms in total. The number of piperidine rings is 1. The molecule has 0 aliphatic carbocycles. The van der Waals surface area contributed by atoms with E-state index in [4.69, 9.17) is 10.5 Å². The summed E-state index contributed by atoms with van der Waals surface area (Å²) in [6.07, 6.45) is 5.24. The highest BCUT2D eigenvalue weighted by atomic mass is 16.5. The third kappa shape index (κ3) is 5.72. The van der Waals surface area contributed by atoms with Gasteiger partial charge in [-0.2, -0.15) is 0 Å². The summed E-state index contributed by atoms with van der Waals surface area (Å²) in [6, 6.07) is 7.69. The second-order valence-corrected chi connectivity index (χ2v) is 6.45. The minimum atomic E-state index is 0.223. The van der Waals surface area contributed by atoms with Gasteiger partial charge in [0, 0.05) is 32.2 Å². The van der Waals surface area contributed by atoms with Gasteiger partial charge in [0.05, 0.1) is 0 Å². The van der Waals surface area contributed by atoms with Gasteiger partial charge in [-0.25, -0.2) is 0 Å². The van der Waals surface area contributed by atoms with Crippen LogP contribution in [-0.2, 0) is 11.3 Å². The van der Waals surface area contributed by atoms with E-state index in [1.54, 1.807) is 7.11 Å². The Labute approximate surface area is 140 Å². The van der Waals surface area contributed by atoms with Crippen LogP contribution in [0.2, 0.25) is 0 Å². The lowest BCUT2D eigenvalue weighted by Crippen LogP contribution is -2.34. The lowest BCUT2D eigenvalue weighted by molar-refractivity contribution is 0.0965. The van der Waals surface area contributed by atoms with Gasteiger partial charge in [-0.05, 0) is 56.8 Å². The van der Waals surface area contributed by atoms with Gasteiger partial charge in [-0.3, -0.25) is 4.79 Å². The zero-order valence-electron chi connectivity index (χ0n) is 14.3. The van der Waals surface area contributed by atoms with E-state index in [1.165, 1.54) is 19.3 Å². The number of ether oxygens (including phenoxy) is 1. The first-order valence-corrected chi connectivity index (χ1v) is 8.77. The molecule has 2 N–H and O–H groups in total. The Morgan fingerprint density at radius 1 is 1.30 bits per heavy atom. The highest BCUT2D eigenvalue weighted by molar-refractivity contribution is 5.97. The molecular weight excluding hydrogens is 288 g/mol. The van der Waals surface area contributed by atoms with Crippen LogP contribution in [-0.4, -0.2) is 44.0 Å². The normalized spacial score (nSPS) is 16.6. The van der Waals surface area contributed by atoms with E-state index in [9.17, 15) is 4.79 Å². The first-order valence-electron chi connectivity index (χ1n) is 8.77. The van der Waals surface area contributed by atoms with E-state index >= 15 is 0 Å². The molecule has 1 saturated heterocycles. The van der Waals surface area contributed by atoms with Crippen molar-refractivity contribution in [2.75, 3.05) is 33.4 Å². The summed E-state index contributed by atoms with van der Waals surface area (Å²) in [5.41, 5.74) is 7.47. The molecule has 0 radical (unpaired) electrons. The molecule has 2 rings (SSSR count). The first-order chi connectivity index (χ1) is 11.2. The molecule has 23 heavy (non-hydrogen) atoms. The molecule has 0 atom stereocenters. The summed E-state index contributed by atoms with van der Waals surface area (Å²) < 4.78 is 5.16. The van der Waals surface area contributed by atoms with Crippen LogP contribution >= 0.6 is 0 Å². The Bertz CT molecular complexity index is 482. The third-order valence-corrected chi connectivity index (χ3v) is 4.85. The Hall–Kier alpha value is -1.23. The summed E-state index contributed by atoms with van der Waals surface area (Å²) in [4.78, 5) is 14.8. The molecule has 1 aromatic carbocycles. The van der Waals surface area contributed by atoms with E-state index in [1.807, 2.05) is 24.3 Å². The molecule has 0 amide bonds. The summed E-state index contributed by atoms with van der Waals surface area (Å²) in [5.74, 6) is 1.03. The SMILES string of the molecule is COCCC1CCN(CCCC(=O)c2ccccc2CN)CC1. The standard InChI is InChI=1S/C19H30N2O2/c1-23-14-10-16-8-12-21(13-9-16)11-4-7-19(22)18-6-3-2-5-17(18)15-20/h2-3,5-6,16H,4,7-15,20H2,1H3. The topological polar surface area (TPSA) is 55.6 Å². The second-order valence-electron chi connectivity index (χ2n) is 6.45. The Balaban J connectivity index is 1.68. The van der Waals surface area contributed by atoms with E-state index < -0.39 is 0 Å². The maximum Gasteiger partial charge on any atom is 0.163 e. The quantitative estimate of drug-likeness (QED) is 0.711. The fourth-order valence-corrected chi connectivity index (χ4v) is 3.35. The van der Waals surface area contributed by atoms with Gasteiger partial charge < -0.3 is 15.4 Å². The molecule has 128 valence electrons. The van der Waals surface area contributed by atoms with Crippen LogP contribution in [0, 0.1) is 5.92 Å². The van der Waals surface area contributed by atoms with Gasteiger partial charge in [-0.15, -0.1) is 0 Å². The lowest BCUT2D eigenvalue weighted by atomic mass is 9.93. The number of nitrogens with zero attached hydrogens (tertiary/aromatic N) is 1. The Morgan fingerprint density at radius 2 is 2.04 bits per heavy atom. The van der Waals surface area contributed by atoms with E-state index in [0.717, 1.165) is 49.7 Å². The average Bonchev–Trinajstić information content (AvgIpc) is 2.61. The number of hydrogen-bond acceptors (Lipinski definition) is 4. The molecule has 0 aromatic heterocycles. The van der Waals surface area contributed by atoms with Crippen LogP contribution in [0.15, 0.2) is 24.3 Å². The fraction of sp³-hybridized carbons (Fsp3) is 0.632. The van der Waals surface area contributed by atoms with Crippen molar-refractivity contribution in [3.05, 3.63) is 35.4 Å². The van der Waals surface area contributed by atoms with Crippen molar-refractivity contribution in [3.63, 3.8) is 0 Å². The Morgan fingerprint density at radius 3 is 2.74 bits per heavy atom. The predicted octanol–water partition coefficient (Wildman–Crippen LogP) is 2.86. The maximum atomic E-state index is 12.3. The molecule has 1 aromatic rings. The molecule has 1 aliphatic heterocycles. The van der Waals surface area contributed by atoms with Crippen molar-refractivity contribution < 1.29 is 9.53 Å². The largest absolute Gasteiger partial charge is 0.385 e. The molecule has 0 spiro atoms. The number of nitrogens with two attached hydrogens (primary N) is 1. The third-order valence-electron chi connectivity index (χ3n) is 4.85. The molecule has 4 heteroatoms. The van der Waals surface area contributed by atoms with Gasteiger partial charge in [0.25, 0.3) is 0 Å². The first kappa shape index (κ1) is 18.1. The monoisotopic (exact) mass is 318 g/mol. The lowest BCUT2D eigenvalue weighted by Gasteiger charge is -2.31. The number of ketones is 1. The zero-order chi connectivity index (χ0) is 16.5. The van der Waals surface area contributed by atoms with Crippen molar-refractivity contribution in [1.82, 2.24) is 4.90 Å². The number of carbonyl (C=O) groups excluding carboxylic acids is 1. The van der Waals surface area contributed by atoms with Gasteiger partial charge in [0.15, 0.2) is 5.78 Å². The molecule has 1 aliphatic rings. The fourth-order valence-electron chi connectivity index (χ4n) is 3.35. The summed E-state index contributed by atoms with van der Waals surface area (Å²) >= 11 is 0. The molecular formula is C19H30N2O2. The number of Topliss-reactive ketones (excluding diaryl/α,β-unsaturated/α-hetero) is 1. The highest BCUT2D eigenvalue weighted by Crippen LogP contribution is 2.21. The minimum absolute atomic E-state index is 0.223. The number of benzene rings is 1. The van der Waals surface area contributed by atoms with Crippen LogP contribution < -0.4 is 5.73 Å².